The average molecular weight is 262 g/mol. The van der Waals surface area contributed by atoms with Crippen molar-refractivity contribution in [1.29, 1.82) is 0 Å². The van der Waals surface area contributed by atoms with Gasteiger partial charge in [0.25, 0.3) is 0 Å². The van der Waals surface area contributed by atoms with Gasteiger partial charge < -0.3 is 21.3 Å². The molecule has 19 heavy (non-hydrogen) atoms. The molecule has 1 saturated heterocycles. The molecule has 2 rings (SSSR count). The highest BCUT2D eigenvalue weighted by Crippen LogP contribution is 2.25. The third-order valence-electron chi connectivity index (χ3n) is 3.88. The van der Waals surface area contributed by atoms with Gasteiger partial charge in [0.2, 0.25) is 5.91 Å². The standard InChI is InChI=1S/C14H22N4O/c1-17-7-3-4-11(17)9-18(2)13-6-5-10(14(16)19)8-12(13)15/h5-6,8,11H,3-4,7,9,15H2,1-2H3,(H2,16,19). The minimum absolute atomic E-state index is 0.448. The number of carbonyl (C=O) groups excluding carboxylic acids is 1. The maximum absolute atomic E-state index is 11.1. The molecule has 1 aromatic carbocycles. The molecule has 0 saturated carbocycles. The first kappa shape index (κ1) is 13.7. The smallest absolute Gasteiger partial charge is 0.248 e. The van der Waals surface area contributed by atoms with E-state index in [4.69, 9.17) is 11.5 Å². The quantitative estimate of drug-likeness (QED) is 0.790. The summed E-state index contributed by atoms with van der Waals surface area (Å²) < 4.78 is 0. The summed E-state index contributed by atoms with van der Waals surface area (Å²) >= 11 is 0. The fraction of sp³-hybridized carbons (Fsp3) is 0.500. The minimum Gasteiger partial charge on any atom is -0.397 e. The van der Waals surface area contributed by atoms with Gasteiger partial charge >= 0.3 is 0 Å². The molecule has 1 unspecified atom stereocenters. The second-order valence-electron chi connectivity index (χ2n) is 5.30. The first-order valence-corrected chi connectivity index (χ1v) is 6.59. The molecule has 0 spiro atoms. The summed E-state index contributed by atoms with van der Waals surface area (Å²) in [7, 11) is 4.19. The summed E-state index contributed by atoms with van der Waals surface area (Å²) in [4.78, 5) is 15.6. The number of likely N-dealkylation sites (N-methyl/N-ethyl adjacent to an activating group) is 2. The molecule has 5 nitrogen and oxygen atoms in total. The lowest BCUT2D eigenvalue weighted by Crippen LogP contribution is -2.36. The summed E-state index contributed by atoms with van der Waals surface area (Å²) in [5.74, 6) is -0.448. The van der Waals surface area contributed by atoms with Crippen molar-refractivity contribution in [1.82, 2.24) is 4.90 Å². The molecule has 0 aliphatic carbocycles. The van der Waals surface area contributed by atoms with Gasteiger partial charge in [-0.2, -0.15) is 0 Å². The van der Waals surface area contributed by atoms with Gasteiger partial charge in [-0.15, -0.1) is 0 Å². The van der Waals surface area contributed by atoms with Crippen molar-refractivity contribution in [3.8, 4) is 0 Å². The Morgan fingerprint density at radius 1 is 1.53 bits per heavy atom. The van der Waals surface area contributed by atoms with E-state index in [0.29, 0.717) is 17.3 Å². The molecule has 0 bridgehead atoms. The summed E-state index contributed by atoms with van der Waals surface area (Å²) in [5, 5.41) is 0. The average Bonchev–Trinajstić information content (AvgIpc) is 2.74. The van der Waals surface area contributed by atoms with Crippen LogP contribution in [0.3, 0.4) is 0 Å². The fourth-order valence-corrected chi connectivity index (χ4v) is 2.68. The van der Waals surface area contributed by atoms with Crippen molar-refractivity contribution in [3.05, 3.63) is 23.8 Å². The van der Waals surface area contributed by atoms with Gasteiger partial charge in [0.1, 0.15) is 0 Å². The Kier molecular flexibility index (Phi) is 3.95. The van der Waals surface area contributed by atoms with Crippen LogP contribution in [0, 0.1) is 0 Å². The van der Waals surface area contributed by atoms with Crippen molar-refractivity contribution >= 4 is 17.3 Å². The van der Waals surface area contributed by atoms with Crippen molar-refractivity contribution in [2.45, 2.75) is 18.9 Å². The van der Waals surface area contributed by atoms with Gasteiger partial charge in [-0.05, 0) is 44.6 Å². The highest BCUT2D eigenvalue weighted by atomic mass is 16.1. The van der Waals surface area contributed by atoms with Gasteiger partial charge in [0.15, 0.2) is 0 Å². The normalized spacial score (nSPS) is 19.6. The summed E-state index contributed by atoms with van der Waals surface area (Å²) in [6.45, 7) is 2.10. The molecular weight excluding hydrogens is 240 g/mol. The SMILES string of the molecule is CN(CC1CCCN1C)c1ccc(C(N)=O)cc1N. The first-order chi connectivity index (χ1) is 8.99. The van der Waals surface area contributed by atoms with Crippen molar-refractivity contribution in [2.24, 2.45) is 5.73 Å². The van der Waals surface area contributed by atoms with Crippen molar-refractivity contribution in [2.75, 3.05) is 37.8 Å². The Labute approximate surface area is 114 Å². The van der Waals surface area contributed by atoms with Crippen LogP contribution in [0.1, 0.15) is 23.2 Å². The van der Waals surface area contributed by atoms with Crippen LogP contribution in [-0.2, 0) is 0 Å². The highest BCUT2D eigenvalue weighted by molar-refractivity contribution is 5.94. The van der Waals surface area contributed by atoms with Crippen LogP contribution in [-0.4, -0.2) is 44.0 Å². The highest BCUT2D eigenvalue weighted by Gasteiger charge is 2.22. The molecule has 0 aromatic heterocycles. The van der Waals surface area contributed by atoms with Crippen LogP contribution in [0.25, 0.3) is 0 Å². The molecule has 1 aliphatic heterocycles. The van der Waals surface area contributed by atoms with Crippen LogP contribution >= 0.6 is 0 Å². The van der Waals surface area contributed by atoms with Gasteiger partial charge in [-0.25, -0.2) is 0 Å². The zero-order chi connectivity index (χ0) is 14.0. The van der Waals surface area contributed by atoms with Gasteiger partial charge in [0, 0.05) is 25.2 Å². The van der Waals surface area contributed by atoms with Gasteiger partial charge in [0.05, 0.1) is 11.4 Å². The third-order valence-corrected chi connectivity index (χ3v) is 3.88. The van der Waals surface area contributed by atoms with E-state index in [-0.39, 0.29) is 0 Å². The zero-order valence-corrected chi connectivity index (χ0v) is 11.6. The second-order valence-corrected chi connectivity index (χ2v) is 5.30. The van der Waals surface area contributed by atoms with Gasteiger partial charge in [-0.3, -0.25) is 4.79 Å². The fourth-order valence-electron chi connectivity index (χ4n) is 2.68. The number of nitrogens with zero attached hydrogens (tertiary/aromatic N) is 2. The molecular formula is C14H22N4O. The lowest BCUT2D eigenvalue weighted by molar-refractivity contribution is 0.100. The number of nitrogens with two attached hydrogens (primary N) is 2. The lowest BCUT2D eigenvalue weighted by atomic mass is 10.1. The Morgan fingerprint density at radius 2 is 2.26 bits per heavy atom. The van der Waals surface area contributed by atoms with E-state index >= 15 is 0 Å². The van der Waals surface area contributed by atoms with Crippen LogP contribution in [0.5, 0.6) is 0 Å². The molecule has 1 heterocycles. The van der Waals surface area contributed by atoms with E-state index < -0.39 is 5.91 Å². The maximum atomic E-state index is 11.1. The number of primary amides is 1. The molecule has 4 N–H and O–H groups in total. The molecule has 1 atom stereocenters. The third kappa shape index (κ3) is 2.98. The maximum Gasteiger partial charge on any atom is 0.248 e. The summed E-state index contributed by atoms with van der Waals surface area (Å²) in [5.41, 5.74) is 13.2. The van der Waals surface area contributed by atoms with E-state index in [1.807, 2.05) is 13.1 Å². The van der Waals surface area contributed by atoms with Gasteiger partial charge in [-0.1, -0.05) is 0 Å². The Morgan fingerprint density at radius 3 is 2.79 bits per heavy atom. The molecule has 104 valence electrons. The van der Waals surface area contributed by atoms with Crippen molar-refractivity contribution in [3.63, 3.8) is 0 Å². The Hall–Kier alpha value is -1.75. The van der Waals surface area contributed by atoms with Crippen LogP contribution in [0.2, 0.25) is 0 Å². The van der Waals surface area contributed by atoms with Crippen LogP contribution < -0.4 is 16.4 Å². The number of anilines is 2. The Bertz CT molecular complexity index is 475. The number of rotatable bonds is 4. The molecule has 0 radical (unpaired) electrons. The van der Waals surface area contributed by atoms with Crippen molar-refractivity contribution < 1.29 is 4.79 Å². The molecule has 5 heteroatoms. The van der Waals surface area contributed by atoms with E-state index in [0.717, 1.165) is 18.8 Å². The molecule has 1 amide bonds. The van der Waals surface area contributed by atoms with E-state index in [2.05, 4.69) is 16.8 Å². The molecule has 1 aliphatic rings. The topological polar surface area (TPSA) is 75.6 Å². The van der Waals surface area contributed by atoms with Crippen LogP contribution in [0.4, 0.5) is 11.4 Å². The number of nitrogen functional groups attached to an aromatic ring is 1. The zero-order valence-electron chi connectivity index (χ0n) is 11.6. The monoisotopic (exact) mass is 262 g/mol. The number of likely N-dealkylation sites (tertiary alicyclic amines) is 1. The Balaban J connectivity index is 2.10. The van der Waals surface area contributed by atoms with E-state index in [1.165, 1.54) is 12.8 Å². The predicted octanol–water partition coefficient (Wildman–Crippen LogP) is 0.898. The van der Waals surface area contributed by atoms with Crippen LogP contribution in [0.15, 0.2) is 18.2 Å². The summed E-state index contributed by atoms with van der Waals surface area (Å²) in [6, 6.07) is 5.81. The molecule has 1 aromatic rings. The number of hydrogen-bond acceptors (Lipinski definition) is 4. The minimum atomic E-state index is -0.448. The lowest BCUT2D eigenvalue weighted by Gasteiger charge is -2.28. The second kappa shape index (κ2) is 5.48. The number of hydrogen-bond donors (Lipinski definition) is 2. The predicted molar refractivity (Wildman–Crippen MR) is 78.3 cm³/mol. The number of amides is 1. The number of benzene rings is 1. The molecule has 1 fully saturated rings. The van der Waals surface area contributed by atoms with E-state index in [9.17, 15) is 4.79 Å². The van der Waals surface area contributed by atoms with E-state index in [1.54, 1.807) is 12.1 Å². The summed E-state index contributed by atoms with van der Waals surface area (Å²) in [6.07, 6.45) is 2.48. The number of carbonyl (C=O) groups is 1. The largest absolute Gasteiger partial charge is 0.397 e. The first-order valence-electron chi connectivity index (χ1n) is 6.59.